The molecule has 0 aliphatic rings. The second kappa shape index (κ2) is 5.72. The zero-order chi connectivity index (χ0) is 15.5. The fourth-order valence-electron chi connectivity index (χ4n) is 2.13. The Balaban J connectivity index is 2.07. The molecule has 7 heteroatoms. The van der Waals surface area contributed by atoms with Crippen molar-refractivity contribution in [3.63, 3.8) is 0 Å². The van der Waals surface area contributed by atoms with Crippen molar-refractivity contribution in [3.8, 4) is 11.4 Å². The van der Waals surface area contributed by atoms with Gasteiger partial charge in [-0.25, -0.2) is 13.9 Å². The van der Waals surface area contributed by atoms with Crippen molar-refractivity contribution < 1.29 is 14.3 Å². The molecule has 0 aliphatic carbocycles. The summed E-state index contributed by atoms with van der Waals surface area (Å²) in [6, 6.07) is 11.2. The highest BCUT2D eigenvalue weighted by molar-refractivity contribution is 5.92. The van der Waals surface area contributed by atoms with E-state index in [0.717, 1.165) is 0 Å². The molecule has 0 saturated carbocycles. The zero-order valence-electron chi connectivity index (χ0n) is 11.3. The van der Waals surface area contributed by atoms with Crippen LogP contribution in [0, 0.1) is 5.82 Å². The summed E-state index contributed by atoms with van der Waals surface area (Å²) in [5, 5.41) is 16.8. The summed E-state index contributed by atoms with van der Waals surface area (Å²) in [6.07, 6.45) is 1.56. The van der Waals surface area contributed by atoms with Gasteiger partial charge in [0.15, 0.2) is 5.69 Å². The highest BCUT2D eigenvalue weighted by atomic mass is 19.1. The van der Waals surface area contributed by atoms with Crippen LogP contribution in [0.2, 0.25) is 0 Å². The minimum atomic E-state index is -1.19. The van der Waals surface area contributed by atoms with E-state index in [2.05, 4.69) is 15.3 Å². The maximum absolute atomic E-state index is 13.3. The lowest BCUT2D eigenvalue weighted by molar-refractivity contribution is 0.0691. The molecular weight excluding hydrogens is 287 g/mol. The molecule has 0 radical (unpaired) electrons. The van der Waals surface area contributed by atoms with E-state index >= 15 is 0 Å². The first-order chi connectivity index (χ1) is 10.6. The number of rotatable bonds is 4. The summed E-state index contributed by atoms with van der Waals surface area (Å²) in [5.41, 5.74) is 1.20. The molecule has 3 rings (SSSR count). The molecule has 1 N–H and O–H groups in total. The molecule has 2 heterocycles. The number of carbonyl (C=O) groups is 1. The maximum atomic E-state index is 13.3. The number of carboxylic acid groups (broad SMARTS) is 1. The predicted octanol–water partition coefficient (Wildman–Crippen LogP) is 2.23. The van der Waals surface area contributed by atoms with Crippen molar-refractivity contribution >= 4 is 5.97 Å². The van der Waals surface area contributed by atoms with Gasteiger partial charge in [-0.15, -0.1) is 5.10 Å². The van der Waals surface area contributed by atoms with Crippen LogP contribution in [0.3, 0.4) is 0 Å². The van der Waals surface area contributed by atoms with Gasteiger partial charge in [0.25, 0.3) is 0 Å². The third-order valence-corrected chi connectivity index (χ3v) is 3.07. The van der Waals surface area contributed by atoms with Crippen LogP contribution in [0.25, 0.3) is 11.4 Å². The lowest BCUT2D eigenvalue weighted by Gasteiger charge is -2.07. The molecule has 0 saturated heterocycles. The Hall–Kier alpha value is -3.09. The number of nitrogens with zero attached hydrogens (tertiary/aromatic N) is 4. The molecule has 110 valence electrons. The van der Waals surface area contributed by atoms with Crippen LogP contribution < -0.4 is 0 Å². The monoisotopic (exact) mass is 298 g/mol. The first kappa shape index (κ1) is 13.9. The van der Waals surface area contributed by atoms with Crippen LogP contribution >= 0.6 is 0 Å². The van der Waals surface area contributed by atoms with E-state index in [0.29, 0.717) is 11.3 Å². The van der Waals surface area contributed by atoms with E-state index in [-0.39, 0.29) is 23.7 Å². The molecule has 6 nitrogen and oxygen atoms in total. The number of halogens is 1. The summed E-state index contributed by atoms with van der Waals surface area (Å²) >= 11 is 0. The van der Waals surface area contributed by atoms with Gasteiger partial charge in [-0.1, -0.05) is 23.4 Å². The molecule has 0 aliphatic heterocycles. The quantitative estimate of drug-likeness (QED) is 0.798. The maximum Gasteiger partial charge on any atom is 0.358 e. The lowest BCUT2D eigenvalue weighted by Crippen LogP contribution is -2.07. The summed E-state index contributed by atoms with van der Waals surface area (Å²) < 4.78 is 14.7. The summed E-state index contributed by atoms with van der Waals surface area (Å²) in [7, 11) is 0. The van der Waals surface area contributed by atoms with Gasteiger partial charge in [-0.2, -0.15) is 0 Å². The Bertz CT molecular complexity index is 817. The van der Waals surface area contributed by atoms with Crippen LogP contribution in [0.1, 0.15) is 16.1 Å². The minimum absolute atomic E-state index is 0.185. The van der Waals surface area contributed by atoms with Gasteiger partial charge in [-0.05, 0) is 29.8 Å². The van der Waals surface area contributed by atoms with Crippen molar-refractivity contribution in [2.45, 2.75) is 6.54 Å². The van der Waals surface area contributed by atoms with Crippen LogP contribution in [0.4, 0.5) is 4.39 Å². The fourth-order valence-corrected chi connectivity index (χ4v) is 2.13. The molecule has 0 bridgehead atoms. The molecule has 1 aromatic carbocycles. The Labute approximate surface area is 124 Å². The van der Waals surface area contributed by atoms with Crippen LogP contribution in [0.5, 0.6) is 0 Å². The first-order valence-electron chi connectivity index (χ1n) is 6.48. The molecule has 2 aromatic heterocycles. The number of hydrogen-bond donors (Lipinski definition) is 1. The topological polar surface area (TPSA) is 80.9 Å². The Morgan fingerprint density at radius 2 is 2.09 bits per heavy atom. The molecule has 0 amide bonds. The number of benzene rings is 1. The van der Waals surface area contributed by atoms with Crippen LogP contribution in [-0.2, 0) is 6.54 Å². The molecule has 0 atom stereocenters. The standard InChI is InChI=1S/C15H11FN4O2/c16-11-5-3-4-10(8-11)9-20-14(12-6-1-2-7-17-12)13(15(21)22)18-19-20/h1-8H,9H2,(H,21,22). The third kappa shape index (κ3) is 2.69. The summed E-state index contributed by atoms with van der Waals surface area (Å²) in [6.45, 7) is 0.198. The Morgan fingerprint density at radius 3 is 2.77 bits per heavy atom. The Morgan fingerprint density at radius 1 is 1.23 bits per heavy atom. The van der Waals surface area contributed by atoms with Crippen LogP contribution in [-0.4, -0.2) is 31.1 Å². The van der Waals surface area contributed by atoms with Crippen molar-refractivity contribution in [2.24, 2.45) is 0 Å². The summed E-state index contributed by atoms with van der Waals surface area (Å²) in [5.74, 6) is -1.55. The first-order valence-corrected chi connectivity index (χ1v) is 6.48. The number of hydrogen-bond acceptors (Lipinski definition) is 4. The van der Waals surface area contributed by atoms with Crippen molar-refractivity contribution in [2.75, 3.05) is 0 Å². The number of carboxylic acids is 1. The molecule has 22 heavy (non-hydrogen) atoms. The molecular formula is C15H11FN4O2. The molecule has 3 aromatic rings. The van der Waals surface area contributed by atoms with E-state index in [1.54, 1.807) is 36.5 Å². The highest BCUT2D eigenvalue weighted by Gasteiger charge is 2.21. The normalized spacial score (nSPS) is 10.6. The zero-order valence-corrected chi connectivity index (χ0v) is 11.3. The van der Waals surface area contributed by atoms with Gasteiger partial charge in [0.1, 0.15) is 11.5 Å². The highest BCUT2D eigenvalue weighted by Crippen LogP contribution is 2.21. The van der Waals surface area contributed by atoms with Gasteiger partial charge < -0.3 is 5.11 Å². The summed E-state index contributed by atoms with van der Waals surface area (Å²) in [4.78, 5) is 15.5. The van der Waals surface area contributed by atoms with Crippen molar-refractivity contribution in [1.29, 1.82) is 0 Å². The predicted molar refractivity (Wildman–Crippen MR) is 75.7 cm³/mol. The van der Waals surface area contributed by atoms with Gasteiger partial charge in [0, 0.05) is 6.20 Å². The number of pyridine rings is 1. The second-order valence-corrected chi connectivity index (χ2v) is 4.59. The third-order valence-electron chi connectivity index (χ3n) is 3.07. The van der Waals surface area contributed by atoms with Crippen molar-refractivity contribution in [3.05, 3.63) is 65.7 Å². The molecule has 0 spiro atoms. The molecule has 0 unspecified atom stereocenters. The van der Waals surface area contributed by atoms with E-state index < -0.39 is 5.97 Å². The van der Waals surface area contributed by atoms with Crippen LogP contribution in [0.15, 0.2) is 48.7 Å². The second-order valence-electron chi connectivity index (χ2n) is 4.59. The van der Waals surface area contributed by atoms with Gasteiger partial charge in [0.05, 0.1) is 12.2 Å². The van der Waals surface area contributed by atoms with E-state index in [1.807, 2.05) is 0 Å². The Kier molecular flexibility index (Phi) is 3.61. The average molecular weight is 298 g/mol. The SMILES string of the molecule is O=C(O)c1nnn(Cc2cccc(F)c2)c1-c1ccccn1. The number of aromatic carboxylic acids is 1. The molecule has 0 fully saturated rings. The fraction of sp³-hybridized carbons (Fsp3) is 0.0667. The number of aromatic nitrogens is 4. The van der Waals surface area contributed by atoms with Gasteiger partial charge >= 0.3 is 5.97 Å². The minimum Gasteiger partial charge on any atom is -0.476 e. The van der Waals surface area contributed by atoms with Gasteiger partial charge in [0.2, 0.25) is 0 Å². The van der Waals surface area contributed by atoms with E-state index in [1.165, 1.54) is 16.8 Å². The smallest absolute Gasteiger partial charge is 0.358 e. The van der Waals surface area contributed by atoms with E-state index in [4.69, 9.17) is 0 Å². The van der Waals surface area contributed by atoms with Crippen molar-refractivity contribution in [1.82, 2.24) is 20.0 Å². The largest absolute Gasteiger partial charge is 0.476 e. The van der Waals surface area contributed by atoms with Gasteiger partial charge in [-0.3, -0.25) is 4.98 Å². The average Bonchev–Trinajstić information content (AvgIpc) is 2.92. The lowest BCUT2D eigenvalue weighted by atomic mass is 10.2. The van der Waals surface area contributed by atoms with E-state index in [9.17, 15) is 14.3 Å².